The number of halogens is 3. The molecule has 0 amide bonds. The molecule has 0 saturated heterocycles. The zero-order valence-corrected chi connectivity index (χ0v) is 11.4. The fourth-order valence-corrected chi connectivity index (χ4v) is 1.95. The summed E-state index contributed by atoms with van der Waals surface area (Å²) in [5.74, 6) is 0. The van der Waals surface area contributed by atoms with Crippen molar-refractivity contribution in [2.75, 3.05) is 18.0 Å². The van der Waals surface area contributed by atoms with Gasteiger partial charge in [-0.3, -0.25) is 0 Å². The predicted octanol–water partition coefficient (Wildman–Crippen LogP) is 3.88. The molecule has 0 fully saturated rings. The molecule has 5 heteroatoms. The summed E-state index contributed by atoms with van der Waals surface area (Å²) in [6.07, 6.45) is -2.71. The number of nitrogens with two attached hydrogens (primary N) is 1. The first-order valence-electron chi connectivity index (χ1n) is 6.54. The van der Waals surface area contributed by atoms with Crippen molar-refractivity contribution in [3.8, 4) is 0 Å². The lowest BCUT2D eigenvalue weighted by atomic mass is 10.1. The van der Waals surface area contributed by atoms with Crippen molar-refractivity contribution < 1.29 is 13.2 Å². The molecule has 1 aromatic rings. The van der Waals surface area contributed by atoms with Gasteiger partial charge in [-0.05, 0) is 30.5 Å². The van der Waals surface area contributed by atoms with Crippen LogP contribution in [0.5, 0.6) is 0 Å². The third kappa shape index (κ3) is 5.11. The van der Waals surface area contributed by atoms with Gasteiger partial charge in [0, 0.05) is 18.3 Å². The maximum Gasteiger partial charge on any atom is 0.405 e. The summed E-state index contributed by atoms with van der Waals surface area (Å²) < 4.78 is 37.5. The van der Waals surface area contributed by atoms with Crippen LogP contribution in [0, 0.1) is 0 Å². The van der Waals surface area contributed by atoms with Crippen LogP contribution in [-0.4, -0.2) is 19.3 Å². The Morgan fingerprint density at radius 1 is 1.16 bits per heavy atom. The SMILES string of the molecule is CCCN(CC(F)(F)F)c1ccc([C@H](N)CC)cc1. The predicted molar refractivity (Wildman–Crippen MR) is 72.2 cm³/mol. The van der Waals surface area contributed by atoms with Crippen LogP contribution in [0.1, 0.15) is 38.3 Å². The van der Waals surface area contributed by atoms with Crippen molar-refractivity contribution in [1.82, 2.24) is 0 Å². The van der Waals surface area contributed by atoms with Crippen molar-refractivity contribution in [2.45, 2.75) is 38.9 Å². The molecule has 0 radical (unpaired) electrons. The highest BCUT2D eigenvalue weighted by atomic mass is 19.4. The molecule has 108 valence electrons. The first-order chi connectivity index (χ1) is 8.87. The van der Waals surface area contributed by atoms with Gasteiger partial charge in [-0.25, -0.2) is 0 Å². The fraction of sp³-hybridized carbons (Fsp3) is 0.571. The highest BCUT2D eigenvalue weighted by Gasteiger charge is 2.30. The van der Waals surface area contributed by atoms with Gasteiger partial charge in [-0.15, -0.1) is 0 Å². The van der Waals surface area contributed by atoms with Gasteiger partial charge >= 0.3 is 6.18 Å². The Balaban J connectivity index is 2.85. The van der Waals surface area contributed by atoms with Gasteiger partial charge in [-0.1, -0.05) is 26.0 Å². The molecule has 0 aliphatic heterocycles. The summed E-state index contributed by atoms with van der Waals surface area (Å²) >= 11 is 0. The van der Waals surface area contributed by atoms with E-state index in [1.54, 1.807) is 12.1 Å². The van der Waals surface area contributed by atoms with Crippen LogP contribution in [-0.2, 0) is 0 Å². The first-order valence-corrected chi connectivity index (χ1v) is 6.54. The maximum absolute atomic E-state index is 12.5. The van der Waals surface area contributed by atoms with Crippen LogP contribution < -0.4 is 10.6 Å². The number of benzene rings is 1. The van der Waals surface area contributed by atoms with Gasteiger partial charge in [0.05, 0.1) is 0 Å². The topological polar surface area (TPSA) is 29.3 Å². The van der Waals surface area contributed by atoms with E-state index < -0.39 is 12.7 Å². The largest absolute Gasteiger partial charge is 0.405 e. The number of nitrogens with zero attached hydrogens (tertiary/aromatic N) is 1. The van der Waals surface area contributed by atoms with E-state index in [9.17, 15) is 13.2 Å². The summed E-state index contributed by atoms with van der Waals surface area (Å²) in [6.45, 7) is 3.31. The molecule has 0 aliphatic rings. The molecule has 0 bridgehead atoms. The van der Waals surface area contributed by atoms with Crippen molar-refractivity contribution in [3.63, 3.8) is 0 Å². The lowest BCUT2D eigenvalue weighted by Gasteiger charge is -2.26. The van der Waals surface area contributed by atoms with Gasteiger partial charge in [-0.2, -0.15) is 13.2 Å². The van der Waals surface area contributed by atoms with Crippen molar-refractivity contribution in [2.24, 2.45) is 5.73 Å². The normalized spacial score (nSPS) is 13.4. The smallest absolute Gasteiger partial charge is 0.363 e. The van der Waals surface area contributed by atoms with Crippen molar-refractivity contribution >= 4 is 5.69 Å². The van der Waals surface area contributed by atoms with Gasteiger partial charge in [0.2, 0.25) is 0 Å². The third-order valence-corrected chi connectivity index (χ3v) is 2.99. The Labute approximate surface area is 112 Å². The first kappa shape index (κ1) is 15.8. The summed E-state index contributed by atoms with van der Waals surface area (Å²) in [5, 5.41) is 0. The summed E-state index contributed by atoms with van der Waals surface area (Å²) in [6, 6.07) is 6.99. The highest BCUT2D eigenvalue weighted by Crippen LogP contribution is 2.24. The number of rotatable bonds is 6. The molecule has 1 atom stereocenters. The maximum atomic E-state index is 12.5. The molecule has 0 saturated carbocycles. The Morgan fingerprint density at radius 2 is 1.74 bits per heavy atom. The molecule has 1 aromatic carbocycles. The second-order valence-electron chi connectivity index (χ2n) is 4.64. The number of hydrogen-bond donors (Lipinski definition) is 1. The molecule has 19 heavy (non-hydrogen) atoms. The molecular formula is C14H21F3N2. The lowest BCUT2D eigenvalue weighted by Crippen LogP contribution is -2.34. The van der Waals surface area contributed by atoms with E-state index in [-0.39, 0.29) is 6.04 Å². The molecule has 0 heterocycles. The lowest BCUT2D eigenvalue weighted by molar-refractivity contribution is -0.119. The molecule has 2 nitrogen and oxygen atoms in total. The summed E-state index contributed by atoms with van der Waals surface area (Å²) in [4.78, 5) is 1.35. The van der Waals surface area contributed by atoms with E-state index in [1.807, 2.05) is 26.0 Å². The van der Waals surface area contributed by atoms with Crippen LogP contribution >= 0.6 is 0 Å². The Bertz CT molecular complexity index is 373. The van der Waals surface area contributed by atoms with E-state index in [2.05, 4.69) is 0 Å². The van der Waals surface area contributed by atoms with Crippen LogP contribution in [0.15, 0.2) is 24.3 Å². The van der Waals surface area contributed by atoms with Crippen molar-refractivity contribution in [3.05, 3.63) is 29.8 Å². The second-order valence-corrected chi connectivity index (χ2v) is 4.64. The van der Waals surface area contributed by atoms with E-state index in [1.165, 1.54) is 4.90 Å². The second kappa shape index (κ2) is 6.80. The molecule has 0 aliphatic carbocycles. The van der Waals surface area contributed by atoms with E-state index in [0.717, 1.165) is 12.0 Å². The highest BCUT2D eigenvalue weighted by molar-refractivity contribution is 5.48. The van der Waals surface area contributed by atoms with E-state index in [4.69, 9.17) is 5.73 Å². The third-order valence-electron chi connectivity index (χ3n) is 2.99. The average Bonchev–Trinajstić information content (AvgIpc) is 2.36. The van der Waals surface area contributed by atoms with Crippen molar-refractivity contribution in [1.29, 1.82) is 0 Å². The van der Waals surface area contributed by atoms with Crippen LogP contribution in [0.3, 0.4) is 0 Å². The van der Waals surface area contributed by atoms with Crippen LogP contribution in [0.2, 0.25) is 0 Å². The minimum atomic E-state index is -4.19. The van der Waals surface area contributed by atoms with Gasteiger partial charge < -0.3 is 10.6 Å². The molecule has 0 unspecified atom stereocenters. The Morgan fingerprint density at radius 3 is 2.16 bits per heavy atom. The van der Waals surface area contributed by atoms with Gasteiger partial charge in [0.25, 0.3) is 0 Å². The van der Waals surface area contributed by atoms with Crippen LogP contribution in [0.25, 0.3) is 0 Å². The molecule has 0 aromatic heterocycles. The Kier molecular flexibility index (Phi) is 5.66. The zero-order chi connectivity index (χ0) is 14.5. The zero-order valence-electron chi connectivity index (χ0n) is 11.4. The standard InChI is InChI=1S/C14H21F3N2/c1-3-9-19(10-14(15,16)17)12-7-5-11(6-8-12)13(18)4-2/h5-8,13H,3-4,9-10,18H2,1-2H3/t13-/m1/s1. The number of hydrogen-bond acceptors (Lipinski definition) is 2. The average molecular weight is 274 g/mol. The molecular weight excluding hydrogens is 253 g/mol. The summed E-state index contributed by atoms with van der Waals surface area (Å²) in [7, 11) is 0. The van der Waals surface area contributed by atoms with E-state index in [0.29, 0.717) is 18.7 Å². The number of alkyl halides is 3. The van der Waals surface area contributed by atoms with Gasteiger partial charge in [0.1, 0.15) is 6.54 Å². The molecule has 0 spiro atoms. The molecule has 1 rings (SSSR count). The Hall–Kier alpha value is -1.23. The quantitative estimate of drug-likeness (QED) is 0.853. The van der Waals surface area contributed by atoms with Gasteiger partial charge in [0.15, 0.2) is 0 Å². The fourth-order valence-electron chi connectivity index (χ4n) is 1.95. The van der Waals surface area contributed by atoms with E-state index >= 15 is 0 Å². The monoisotopic (exact) mass is 274 g/mol. The summed E-state index contributed by atoms with van der Waals surface area (Å²) in [5.41, 5.74) is 7.43. The minimum absolute atomic E-state index is 0.0590. The number of anilines is 1. The minimum Gasteiger partial charge on any atom is -0.363 e. The molecule has 2 N–H and O–H groups in total. The van der Waals surface area contributed by atoms with Crippen LogP contribution in [0.4, 0.5) is 18.9 Å².